The fourth-order valence-corrected chi connectivity index (χ4v) is 3.26. The third-order valence-corrected chi connectivity index (χ3v) is 4.37. The normalized spacial score (nSPS) is 38.8. The minimum Gasteiger partial charge on any atom is -0.465 e. The molecule has 3 atom stereocenters. The summed E-state index contributed by atoms with van der Waals surface area (Å²) >= 11 is 0. The molecule has 4 nitrogen and oxygen atoms in total. The Balaban J connectivity index is 2.22. The molecule has 2 aliphatic rings. The Morgan fingerprint density at radius 1 is 1.50 bits per heavy atom. The maximum atomic E-state index is 12.4. The lowest BCUT2D eigenvalue weighted by molar-refractivity contribution is -0.186. The zero-order valence-electron chi connectivity index (χ0n) is 11.5. The van der Waals surface area contributed by atoms with E-state index in [-0.39, 0.29) is 17.5 Å². The second kappa shape index (κ2) is 4.65. The van der Waals surface area contributed by atoms with E-state index in [1.165, 1.54) is 0 Å². The maximum absolute atomic E-state index is 12.4. The van der Waals surface area contributed by atoms with E-state index in [1.54, 1.807) is 13.8 Å². The molecule has 0 aliphatic carbocycles. The molecule has 18 heavy (non-hydrogen) atoms. The zero-order valence-corrected chi connectivity index (χ0v) is 11.5. The van der Waals surface area contributed by atoms with E-state index in [2.05, 4.69) is 6.92 Å². The highest BCUT2D eigenvalue weighted by molar-refractivity contribution is 6.05. The Labute approximate surface area is 108 Å². The van der Waals surface area contributed by atoms with E-state index in [0.717, 1.165) is 25.7 Å². The van der Waals surface area contributed by atoms with Crippen molar-refractivity contribution in [3.8, 4) is 0 Å². The first-order chi connectivity index (χ1) is 8.48. The molecule has 0 saturated carbocycles. The molecule has 2 aliphatic heterocycles. The largest absolute Gasteiger partial charge is 0.465 e. The average molecular weight is 254 g/mol. The van der Waals surface area contributed by atoms with Crippen molar-refractivity contribution in [2.24, 2.45) is 5.41 Å². The fourth-order valence-electron chi connectivity index (χ4n) is 3.26. The predicted octanol–water partition coefficient (Wildman–Crippen LogP) is 2.25. The van der Waals surface area contributed by atoms with Crippen molar-refractivity contribution in [1.29, 1.82) is 0 Å². The molecule has 0 amide bonds. The first kappa shape index (κ1) is 13.5. The van der Waals surface area contributed by atoms with Crippen LogP contribution in [0.3, 0.4) is 0 Å². The Hall–Kier alpha value is -0.900. The Morgan fingerprint density at radius 3 is 2.83 bits per heavy atom. The second-order valence-corrected chi connectivity index (χ2v) is 5.60. The summed E-state index contributed by atoms with van der Waals surface area (Å²) in [4.78, 5) is 24.4. The molecule has 0 spiro atoms. The van der Waals surface area contributed by atoms with Crippen LogP contribution in [0.1, 0.15) is 52.9 Å². The molecular formula is C14H22O4. The third-order valence-electron chi connectivity index (χ3n) is 4.37. The molecule has 102 valence electrons. The molecule has 0 unspecified atom stereocenters. The van der Waals surface area contributed by atoms with Crippen molar-refractivity contribution in [3.63, 3.8) is 0 Å². The van der Waals surface area contributed by atoms with Gasteiger partial charge in [0.05, 0.1) is 18.3 Å². The molecular weight excluding hydrogens is 232 g/mol. The number of carbonyl (C=O) groups excluding carboxylic acids is 2. The van der Waals surface area contributed by atoms with Gasteiger partial charge in [0.15, 0.2) is 5.78 Å². The van der Waals surface area contributed by atoms with Gasteiger partial charge in [-0.2, -0.15) is 0 Å². The monoisotopic (exact) mass is 254 g/mol. The highest BCUT2D eigenvalue weighted by Gasteiger charge is 2.61. The van der Waals surface area contributed by atoms with Gasteiger partial charge < -0.3 is 9.47 Å². The van der Waals surface area contributed by atoms with Crippen LogP contribution in [0.25, 0.3) is 0 Å². The summed E-state index contributed by atoms with van der Waals surface area (Å²) in [5.41, 5.74) is -1.40. The molecule has 0 aromatic heterocycles. The fraction of sp³-hybridized carbons (Fsp3) is 0.857. The van der Waals surface area contributed by atoms with Gasteiger partial charge in [0.25, 0.3) is 0 Å². The summed E-state index contributed by atoms with van der Waals surface area (Å²) in [5, 5.41) is 0. The lowest BCUT2D eigenvalue weighted by Crippen LogP contribution is -2.54. The van der Waals surface area contributed by atoms with Crippen LogP contribution in [0.15, 0.2) is 0 Å². The highest BCUT2D eigenvalue weighted by atomic mass is 16.5. The third kappa shape index (κ3) is 1.87. The lowest BCUT2D eigenvalue weighted by Gasteiger charge is -2.41. The van der Waals surface area contributed by atoms with Crippen LogP contribution >= 0.6 is 0 Å². The number of esters is 1. The highest BCUT2D eigenvalue weighted by Crippen LogP contribution is 2.50. The number of fused-ring (bicyclic) bond motifs is 2. The van der Waals surface area contributed by atoms with Crippen molar-refractivity contribution in [3.05, 3.63) is 0 Å². The van der Waals surface area contributed by atoms with Crippen molar-refractivity contribution in [1.82, 2.24) is 0 Å². The van der Waals surface area contributed by atoms with Crippen LogP contribution in [-0.4, -0.2) is 30.1 Å². The van der Waals surface area contributed by atoms with Crippen molar-refractivity contribution in [2.75, 3.05) is 6.61 Å². The lowest BCUT2D eigenvalue weighted by atomic mass is 9.75. The summed E-state index contributed by atoms with van der Waals surface area (Å²) in [5.74, 6) is -0.435. The number of ether oxygens (including phenoxy) is 2. The van der Waals surface area contributed by atoms with Crippen LogP contribution in [0.5, 0.6) is 0 Å². The van der Waals surface area contributed by atoms with Crippen LogP contribution < -0.4 is 0 Å². The molecule has 0 aromatic rings. The maximum Gasteiger partial charge on any atom is 0.322 e. The predicted molar refractivity (Wildman–Crippen MR) is 66.1 cm³/mol. The van der Waals surface area contributed by atoms with Gasteiger partial charge in [0, 0.05) is 6.42 Å². The average Bonchev–Trinajstić information content (AvgIpc) is 2.68. The number of carbonyl (C=O) groups is 2. The van der Waals surface area contributed by atoms with Gasteiger partial charge in [0.1, 0.15) is 5.41 Å². The topological polar surface area (TPSA) is 52.6 Å². The molecule has 0 N–H and O–H groups in total. The van der Waals surface area contributed by atoms with Gasteiger partial charge in [-0.05, 0) is 33.1 Å². The Bertz CT molecular complexity index is 365. The minimum absolute atomic E-state index is 0.0110. The number of hydrogen-bond donors (Lipinski definition) is 0. The summed E-state index contributed by atoms with van der Waals surface area (Å²) in [6, 6.07) is 0. The molecule has 2 rings (SSSR count). The molecule has 0 aromatic carbocycles. The van der Waals surface area contributed by atoms with Gasteiger partial charge in [-0.1, -0.05) is 13.3 Å². The van der Waals surface area contributed by atoms with Crippen LogP contribution in [-0.2, 0) is 19.1 Å². The van der Waals surface area contributed by atoms with Crippen LogP contribution in [0.2, 0.25) is 0 Å². The van der Waals surface area contributed by atoms with Crippen molar-refractivity contribution in [2.45, 2.75) is 64.6 Å². The molecule has 2 saturated heterocycles. The Morgan fingerprint density at radius 2 is 2.22 bits per heavy atom. The number of ketones is 1. The van der Waals surface area contributed by atoms with E-state index in [4.69, 9.17) is 9.47 Å². The summed E-state index contributed by atoms with van der Waals surface area (Å²) < 4.78 is 11.1. The number of rotatable bonds is 4. The first-order valence-corrected chi connectivity index (χ1v) is 6.87. The quantitative estimate of drug-likeness (QED) is 0.570. The van der Waals surface area contributed by atoms with E-state index < -0.39 is 11.4 Å². The van der Waals surface area contributed by atoms with Gasteiger partial charge in [-0.15, -0.1) is 0 Å². The van der Waals surface area contributed by atoms with Crippen molar-refractivity contribution < 1.29 is 19.1 Å². The van der Waals surface area contributed by atoms with Gasteiger partial charge in [-0.3, -0.25) is 9.59 Å². The smallest absolute Gasteiger partial charge is 0.322 e. The summed E-state index contributed by atoms with van der Waals surface area (Å²) in [7, 11) is 0. The van der Waals surface area contributed by atoms with Crippen LogP contribution in [0, 0.1) is 5.41 Å². The number of Topliss-reactive ketones (excluding diaryl/α,β-unsaturated/α-hetero) is 1. The van der Waals surface area contributed by atoms with E-state index in [9.17, 15) is 9.59 Å². The first-order valence-electron chi connectivity index (χ1n) is 6.87. The van der Waals surface area contributed by atoms with Gasteiger partial charge in [0.2, 0.25) is 0 Å². The molecule has 4 heteroatoms. The Kier molecular flexibility index (Phi) is 3.49. The summed E-state index contributed by atoms with van der Waals surface area (Å²) in [6.07, 6.45) is 3.61. The molecule has 2 bridgehead atoms. The standard InChI is InChI=1S/C14H22O4/c1-4-7-14-8-6-11(18-14)13(3,10(15)9-14)12(16)17-5-2/h11H,4-9H2,1-3H3/t11-,13-,14+/m1/s1. The van der Waals surface area contributed by atoms with E-state index >= 15 is 0 Å². The molecule has 0 radical (unpaired) electrons. The number of hydrogen-bond acceptors (Lipinski definition) is 4. The van der Waals surface area contributed by atoms with Gasteiger partial charge in [-0.25, -0.2) is 0 Å². The molecule has 2 heterocycles. The van der Waals surface area contributed by atoms with Gasteiger partial charge >= 0.3 is 5.97 Å². The van der Waals surface area contributed by atoms with Crippen LogP contribution in [0.4, 0.5) is 0 Å². The van der Waals surface area contributed by atoms with E-state index in [1.807, 2.05) is 0 Å². The zero-order chi connectivity index (χ0) is 13.4. The summed E-state index contributed by atoms with van der Waals surface area (Å²) in [6.45, 7) is 5.83. The van der Waals surface area contributed by atoms with E-state index in [0.29, 0.717) is 13.0 Å². The minimum atomic E-state index is -1.09. The SMILES string of the molecule is CCC[C@@]12CC[C@@H](O1)[C@](C)(C(=O)OCC)C(=O)C2. The van der Waals surface area contributed by atoms with Crippen molar-refractivity contribution >= 4 is 11.8 Å². The molecule has 2 fully saturated rings. The second-order valence-electron chi connectivity index (χ2n) is 5.60.